The summed E-state index contributed by atoms with van der Waals surface area (Å²) in [5.74, 6) is 0.635. The fourth-order valence-corrected chi connectivity index (χ4v) is 1.86. The van der Waals surface area contributed by atoms with Gasteiger partial charge in [-0.25, -0.2) is 0 Å². The molecule has 0 saturated heterocycles. The van der Waals surface area contributed by atoms with Gasteiger partial charge in [-0.1, -0.05) is 56.8 Å². The van der Waals surface area contributed by atoms with Crippen molar-refractivity contribution in [2.24, 2.45) is 11.7 Å². The van der Waals surface area contributed by atoms with Gasteiger partial charge in [0.15, 0.2) is 0 Å². The molecule has 1 atom stereocenters. The fraction of sp³-hybridized carbons (Fsp3) is 0.500. The zero-order valence-electron chi connectivity index (χ0n) is 10.6. The number of nitrogens with two attached hydrogens (primary N) is 1. The van der Waals surface area contributed by atoms with E-state index in [1.165, 1.54) is 12.8 Å². The summed E-state index contributed by atoms with van der Waals surface area (Å²) >= 11 is 4.90. The number of ether oxygens (including phenoxy) is 1. The molecular weight excluding hydrogens is 230 g/mol. The summed E-state index contributed by atoms with van der Waals surface area (Å²) in [5, 5.41) is 0. The van der Waals surface area contributed by atoms with Crippen LogP contribution in [0.2, 0.25) is 0 Å². The molecule has 3 heteroatoms. The smallest absolute Gasteiger partial charge is 0.103 e. The van der Waals surface area contributed by atoms with Crippen molar-refractivity contribution in [3.63, 3.8) is 0 Å². The van der Waals surface area contributed by atoms with Crippen LogP contribution < -0.4 is 5.73 Å². The van der Waals surface area contributed by atoms with E-state index >= 15 is 0 Å². The van der Waals surface area contributed by atoms with Crippen LogP contribution in [0.25, 0.3) is 0 Å². The quantitative estimate of drug-likeness (QED) is 0.755. The average Bonchev–Trinajstić information content (AvgIpc) is 2.30. The molecule has 0 aliphatic rings. The van der Waals surface area contributed by atoms with E-state index in [0.717, 1.165) is 17.7 Å². The van der Waals surface area contributed by atoms with Gasteiger partial charge >= 0.3 is 0 Å². The fourth-order valence-electron chi connectivity index (χ4n) is 1.72. The van der Waals surface area contributed by atoms with Gasteiger partial charge < -0.3 is 10.5 Å². The molecule has 0 aliphatic carbocycles. The monoisotopic (exact) mass is 251 g/mol. The average molecular weight is 251 g/mol. The topological polar surface area (TPSA) is 35.2 Å². The van der Waals surface area contributed by atoms with Crippen molar-refractivity contribution in [1.82, 2.24) is 0 Å². The second-order valence-electron chi connectivity index (χ2n) is 4.47. The van der Waals surface area contributed by atoms with E-state index in [4.69, 9.17) is 22.7 Å². The predicted octanol–water partition coefficient (Wildman–Crippen LogP) is 3.27. The maximum absolute atomic E-state index is 5.67. The molecule has 0 heterocycles. The Balaban J connectivity index is 2.34. The van der Waals surface area contributed by atoms with E-state index in [1.54, 1.807) is 0 Å². The molecule has 17 heavy (non-hydrogen) atoms. The number of rotatable bonds is 7. The Kier molecular flexibility index (Phi) is 6.16. The van der Waals surface area contributed by atoms with Crippen molar-refractivity contribution in [3.05, 3.63) is 35.4 Å². The van der Waals surface area contributed by atoms with Gasteiger partial charge in [0.1, 0.15) is 4.99 Å². The molecule has 1 unspecified atom stereocenters. The Morgan fingerprint density at radius 1 is 1.35 bits per heavy atom. The Morgan fingerprint density at radius 3 is 2.53 bits per heavy atom. The lowest BCUT2D eigenvalue weighted by atomic mass is 10.1. The standard InChI is InChI=1S/C14H21NOS/c1-3-4-11(2)9-16-10-12-5-7-13(8-6-12)14(15)17/h5-8,11H,3-4,9-10H2,1-2H3,(H2,15,17). The Labute approximate surface area is 109 Å². The van der Waals surface area contributed by atoms with Crippen LogP contribution in [0.1, 0.15) is 37.8 Å². The summed E-state index contributed by atoms with van der Waals surface area (Å²) in [6, 6.07) is 7.91. The molecule has 94 valence electrons. The molecule has 0 amide bonds. The first-order valence-electron chi connectivity index (χ1n) is 6.10. The first kappa shape index (κ1) is 14.1. The van der Waals surface area contributed by atoms with E-state index < -0.39 is 0 Å². The van der Waals surface area contributed by atoms with Gasteiger partial charge in [0, 0.05) is 12.2 Å². The lowest BCUT2D eigenvalue weighted by Gasteiger charge is -2.10. The number of thiocarbonyl (C=S) groups is 1. The molecule has 0 bridgehead atoms. The summed E-state index contributed by atoms with van der Waals surface area (Å²) in [4.78, 5) is 0.439. The minimum atomic E-state index is 0.439. The number of hydrogen-bond acceptors (Lipinski definition) is 2. The van der Waals surface area contributed by atoms with Gasteiger partial charge in [0.25, 0.3) is 0 Å². The maximum atomic E-state index is 5.67. The highest BCUT2D eigenvalue weighted by Crippen LogP contribution is 2.09. The third kappa shape index (κ3) is 5.29. The molecule has 1 aromatic carbocycles. The normalized spacial score (nSPS) is 12.4. The van der Waals surface area contributed by atoms with Gasteiger partial charge in [-0.3, -0.25) is 0 Å². The molecular formula is C14H21NOS. The highest BCUT2D eigenvalue weighted by molar-refractivity contribution is 7.80. The molecule has 2 N–H and O–H groups in total. The van der Waals surface area contributed by atoms with Crippen LogP contribution in [0.4, 0.5) is 0 Å². The van der Waals surface area contributed by atoms with Crippen LogP contribution in [0.5, 0.6) is 0 Å². The van der Waals surface area contributed by atoms with Crippen molar-refractivity contribution in [2.45, 2.75) is 33.3 Å². The van der Waals surface area contributed by atoms with Crippen LogP contribution in [0.15, 0.2) is 24.3 Å². The molecule has 2 nitrogen and oxygen atoms in total. The van der Waals surface area contributed by atoms with Crippen molar-refractivity contribution in [1.29, 1.82) is 0 Å². The second kappa shape index (κ2) is 7.41. The third-order valence-corrected chi connectivity index (χ3v) is 2.93. The summed E-state index contributed by atoms with van der Waals surface area (Å²) in [7, 11) is 0. The summed E-state index contributed by atoms with van der Waals surface area (Å²) < 4.78 is 5.67. The molecule has 0 aromatic heterocycles. The zero-order chi connectivity index (χ0) is 12.7. The summed E-state index contributed by atoms with van der Waals surface area (Å²) in [6.45, 7) is 5.90. The first-order valence-corrected chi connectivity index (χ1v) is 6.50. The predicted molar refractivity (Wildman–Crippen MR) is 76.1 cm³/mol. The van der Waals surface area contributed by atoms with Gasteiger partial charge in [0.05, 0.1) is 6.61 Å². The number of hydrogen-bond donors (Lipinski definition) is 1. The van der Waals surface area contributed by atoms with E-state index in [-0.39, 0.29) is 0 Å². The second-order valence-corrected chi connectivity index (χ2v) is 4.91. The molecule has 0 saturated carbocycles. The van der Waals surface area contributed by atoms with E-state index in [1.807, 2.05) is 24.3 Å². The van der Waals surface area contributed by atoms with Gasteiger partial charge in [-0.05, 0) is 17.9 Å². The van der Waals surface area contributed by atoms with E-state index in [2.05, 4.69) is 13.8 Å². The van der Waals surface area contributed by atoms with Crippen LogP contribution >= 0.6 is 12.2 Å². The summed E-state index contributed by atoms with van der Waals surface area (Å²) in [6.07, 6.45) is 2.44. The minimum absolute atomic E-state index is 0.439. The van der Waals surface area contributed by atoms with Gasteiger partial charge in [0.2, 0.25) is 0 Å². The van der Waals surface area contributed by atoms with E-state index in [0.29, 0.717) is 17.5 Å². The van der Waals surface area contributed by atoms with Crippen LogP contribution in [-0.2, 0) is 11.3 Å². The lowest BCUT2D eigenvalue weighted by molar-refractivity contribution is 0.0893. The highest BCUT2D eigenvalue weighted by Gasteiger charge is 2.01. The van der Waals surface area contributed by atoms with Crippen molar-refractivity contribution < 1.29 is 4.74 Å². The first-order chi connectivity index (χ1) is 8.13. The molecule has 0 spiro atoms. The van der Waals surface area contributed by atoms with Crippen LogP contribution in [-0.4, -0.2) is 11.6 Å². The minimum Gasteiger partial charge on any atom is -0.389 e. The Morgan fingerprint density at radius 2 is 2.00 bits per heavy atom. The van der Waals surface area contributed by atoms with Gasteiger partial charge in [-0.2, -0.15) is 0 Å². The van der Waals surface area contributed by atoms with Crippen molar-refractivity contribution in [3.8, 4) is 0 Å². The molecule has 0 aliphatic heterocycles. The molecule has 0 radical (unpaired) electrons. The van der Waals surface area contributed by atoms with Crippen LogP contribution in [0.3, 0.4) is 0 Å². The van der Waals surface area contributed by atoms with E-state index in [9.17, 15) is 0 Å². The van der Waals surface area contributed by atoms with Crippen molar-refractivity contribution in [2.75, 3.05) is 6.61 Å². The zero-order valence-corrected chi connectivity index (χ0v) is 11.4. The number of benzene rings is 1. The Hall–Kier alpha value is -0.930. The molecule has 1 rings (SSSR count). The SMILES string of the molecule is CCCC(C)COCc1ccc(C(N)=S)cc1. The molecule has 1 aromatic rings. The summed E-state index contributed by atoms with van der Waals surface area (Å²) in [5.41, 5.74) is 7.60. The molecule has 0 fully saturated rings. The largest absolute Gasteiger partial charge is 0.389 e. The lowest BCUT2D eigenvalue weighted by Crippen LogP contribution is -2.09. The highest BCUT2D eigenvalue weighted by atomic mass is 32.1. The van der Waals surface area contributed by atoms with Crippen LogP contribution in [0, 0.1) is 5.92 Å². The Bertz CT molecular complexity index is 348. The van der Waals surface area contributed by atoms with Crippen molar-refractivity contribution >= 4 is 17.2 Å². The van der Waals surface area contributed by atoms with Gasteiger partial charge in [-0.15, -0.1) is 0 Å². The third-order valence-electron chi connectivity index (χ3n) is 2.69. The maximum Gasteiger partial charge on any atom is 0.103 e.